The Bertz CT molecular complexity index is 494. The van der Waals surface area contributed by atoms with Gasteiger partial charge >= 0.3 is 0 Å². The van der Waals surface area contributed by atoms with Gasteiger partial charge in [-0.3, -0.25) is 0 Å². The normalized spacial score (nSPS) is 27.2. The summed E-state index contributed by atoms with van der Waals surface area (Å²) in [6, 6.07) is 7.29. The van der Waals surface area contributed by atoms with Gasteiger partial charge in [0.1, 0.15) is 11.4 Å². The lowest BCUT2D eigenvalue weighted by Gasteiger charge is -2.29. The van der Waals surface area contributed by atoms with E-state index >= 15 is 0 Å². The van der Waals surface area contributed by atoms with E-state index in [4.69, 9.17) is 4.74 Å². The minimum absolute atomic E-state index is 0.0451. The fraction of sp³-hybridized carbons (Fsp3) is 0.684. The molecular weight excluding hydrogens is 258 g/mol. The van der Waals surface area contributed by atoms with E-state index in [1.165, 1.54) is 43.2 Å². The molecule has 1 fully saturated rings. The molecule has 2 heteroatoms. The fourth-order valence-electron chi connectivity index (χ4n) is 3.92. The third-order valence-electron chi connectivity index (χ3n) is 5.11. The molecule has 2 aliphatic rings. The Kier molecular flexibility index (Phi) is 4.26. The van der Waals surface area contributed by atoms with Crippen molar-refractivity contribution in [2.75, 3.05) is 0 Å². The van der Waals surface area contributed by atoms with Crippen LogP contribution in [0.15, 0.2) is 18.2 Å². The molecule has 21 heavy (non-hydrogen) atoms. The molecule has 1 aliphatic heterocycles. The van der Waals surface area contributed by atoms with E-state index in [-0.39, 0.29) is 5.60 Å². The number of hydrogen-bond acceptors (Lipinski definition) is 2. The molecule has 116 valence electrons. The van der Waals surface area contributed by atoms with Crippen molar-refractivity contribution in [1.82, 2.24) is 5.32 Å². The Balaban J connectivity index is 1.63. The van der Waals surface area contributed by atoms with Crippen LogP contribution in [-0.4, -0.2) is 11.6 Å². The molecule has 2 unspecified atom stereocenters. The van der Waals surface area contributed by atoms with Crippen LogP contribution in [0, 0.1) is 5.92 Å². The molecule has 1 aliphatic carbocycles. The molecule has 1 saturated carbocycles. The maximum absolute atomic E-state index is 6.17. The number of fused-ring (bicyclic) bond motifs is 1. The summed E-state index contributed by atoms with van der Waals surface area (Å²) < 4.78 is 6.17. The highest BCUT2D eigenvalue weighted by atomic mass is 16.5. The number of rotatable bonds is 4. The second-order valence-electron chi connectivity index (χ2n) is 7.46. The van der Waals surface area contributed by atoms with Gasteiger partial charge in [0.25, 0.3) is 0 Å². The van der Waals surface area contributed by atoms with Crippen molar-refractivity contribution in [2.45, 2.75) is 77.5 Å². The molecule has 0 aromatic heterocycles. The summed E-state index contributed by atoms with van der Waals surface area (Å²) >= 11 is 0. The molecule has 0 saturated heterocycles. The van der Waals surface area contributed by atoms with Gasteiger partial charge in [-0.25, -0.2) is 0 Å². The van der Waals surface area contributed by atoms with Crippen molar-refractivity contribution in [2.24, 2.45) is 5.92 Å². The Hall–Kier alpha value is -1.02. The van der Waals surface area contributed by atoms with E-state index in [0.717, 1.165) is 24.6 Å². The van der Waals surface area contributed by atoms with Crippen molar-refractivity contribution >= 4 is 0 Å². The van der Waals surface area contributed by atoms with Crippen LogP contribution in [0.4, 0.5) is 0 Å². The summed E-state index contributed by atoms with van der Waals surface area (Å²) in [5.74, 6) is 2.06. The van der Waals surface area contributed by atoms with Crippen molar-refractivity contribution in [1.29, 1.82) is 0 Å². The molecule has 1 heterocycles. The van der Waals surface area contributed by atoms with Crippen molar-refractivity contribution in [3.8, 4) is 5.75 Å². The van der Waals surface area contributed by atoms with Gasteiger partial charge in [0.05, 0.1) is 0 Å². The molecule has 2 nitrogen and oxygen atoms in total. The first-order valence-electron chi connectivity index (χ1n) is 8.60. The first kappa shape index (κ1) is 14.9. The van der Waals surface area contributed by atoms with Crippen LogP contribution < -0.4 is 10.1 Å². The number of benzene rings is 1. The molecular formula is C19H29NO. The Morgan fingerprint density at radius 3 is 2.95 bits per heavy atom. The third kappa shape index (κ3) is 3.42. The maximum Gasteiger partial charge on any atom is 0.127 e. The highest BCUT2D eigenvalue weighted by Crippen LogP contribution is 2.37. The van der Waals surface area contributed by atoms with Crippen LogP contribution >= 0.6 is 0 Å². The highest BCUT2D eigenvalue weighted by molar-refractivity contribution is 5.45. The van der Waals surface area contributed by atoms with E-state index in [1.807, 2.05) is 0 Å². The molecule has 1 aromatic rings. The van der Waals surface area contributed by atoms with Gasteiger partial charge in [-0.15, -0.1) is 0 Å². The molecule has 1 N–H and O–H groups in total. The minimum atomic E-state index is -0.0451. The standard InChI is InChI=1S/C19H29NO/c1-4-14-7-5-10-17(11-14)20-13-16-9-6-8-15-12-19(2,3)21-18(15)16/h6,8-9,14,17,20H,4-5,7,10-13H2,1-3H3. The molecule has 3 rings (SSSR count). The fourth-order valence-corrected chi connectivity index (χ4v) is 3.92. The van der Waals surface area contributed by atoms with Crippen LogP contribution in [0.2, 0.25) is 0 Å². The SMILES string of the molecule is CCC1CCCC(NCc2cccc3c2OC(C)(C)C3)C1. The Labute approximate surface area is 129 Å². The zero-order valence-electron chi connectivity index (χ0n) is 13.7. The number of para-hydroxylation sites is 1. The Morgan fingerprint density at radius 2 is 2.14 bits per heavy atom. The second kappa shape index (κ2) is 6.00. The zero-order chi connectivity index (χ0) is 14.9. The predicted molar refractivity (Wildman–Crippen MR) is 87.7 cm³/mol. The van der Waals surface area contributed by atoms with Crippen LogP contribution in [0.3, 0.4) is 0 Å². The molecule has 0 bridgehead atoms. The number of ether oxygens (including phenoxy) is 1. The van der Waals surface area contributed by atoms with Gasteiger partial charge in [0, 0.05) is 24.6 Å². The Morgan fingerprint density at radius 1 is 1.29 bits per heavy atom. The lowest BCUT2D eigenvalue weighted by atomic mass is 9.84. The molecule has 0 radical (unpaired) electrons. The lowest BCUT2D eigenvalue weighted by Crippen LogP contribution is -2.33. The predicted octanol–water partition coefficient (Wildman–Crippen LogP) is 4.46. The summed E-state index contributed by atoms with van der Waals surface area (Å²) in [7, 11) is 0. The lowest BCUT2D eigenvalue weighted by molar-refractivity contribution is 0.137. The van der Waals surface area contributed by atoms with Gasteiger partial charge in [-0.2, -0.15) is 0 Å². The molecule has 1 aromatic carbocycles. The van der Waals surface area contributed by atoms with Gasteiger partial charge in [0.2, 0.25) is 0 Å². The van der Waals surface area contributed by atoms with Crippen molar-refractivity contribution in [3.05, 3.63) is 29.3 Å². The molecule has 0 spiro atoms. The first-order chi connectivity index (χ1) is 10.1. The van der Waals surface area contributed by atoms with Crippen LogP contribution in [0.5, 0.6) is 5.75 Å². The van der Waals surface area contributed by atoms with Gasteiger partial charge in [-0.1, -0.05) is 44.4 Å². The van der Waals surface area contributed by atoms with E-state index in [0.29, 0.717) is 6.04 Å². The average Bonchev–Trinajstić information content (AvgIpc) is 2.79. The second-order valence-corrected chi connectivity index (χ2v) is 7.46. The number of nitrogens with one attached hydrogen (secondary N) is 1. The molecule has 0 amide bonds. The minimum Gasteiger partial charge on any atom is -0.487 e. The topological polar surface area (TPSA) is 21.3 Å². The zero-order valence-corrected chi connectivity index (χ0v) is 13.7. The molecule has 2 atom stereocenters. The van der Waals surface area contributed by atoms with E-state index in [2.05, 4.69) is 44.3 Å². The first-order valence-corrected chi connectivity index (χ1v) is 8.60. The smallest absolute Gasteiger partial charge is 0.127 e. The maximum atomic E-state index is 6.17. The summed E-state index contributed by atoms with van der Waals surface area (Å²) in [5.41, 5.74) is 2.66. The van der Waals surface area contributed by atoms with Crippen molar-refractivity contribution < 1.29 is 4.74 Å². The van der Waals surface area contributed by atoms with Crippen LogP contribution in [0.1, 0.15) is 64.0 Å². The summed E-state index contributed by atoms with van der Waals surface area (Å²) in [4.78, 5) is 0. The third-order valence-corrected chi connectivity index (χ3v) is 5.11. The summed E-state index contributed by atoms with van der Waals surface area (Å²) in [6.07, 6.45) is 7.84. The monoisotopic (exact) mass is 287 g/mol. The summed E-state index contributed by atoms with van der Waals surface area (Å²) in [6.45, 7) is 7.63. The van der Waals surface area contributed by atoms with E-state index in [9.17, 15) is 0 Å². The van der Waals surface area contributed by atoms with E-state index < -0.39 is 0 Å². The largest absolute Gasteiger partial charge is 0.487 e. The average molecular weight is 287 g/mol. The van der Waals surface area contributed by atoms with E-state index in [1.54, 1.807) is 0 Å². The quantitative estimate of drug-likeness (QED) is 0.883. The van der Waals surface area contributed by atoms with Crippen LogP contribution in [-0.2, 0) is 13.0 Å². The van der Waals surface area contributed by atoms with Gasteiger partial charge < -0.3 is 10.1 Å². The van der Waals surface area contributed by atoms with Crippen LogP contribution in [0.25, 0.3) is 0 Å². The van der Waals surface area contributed by atoms with Gasteiger partial charge in [-0.05, 0) is 38.2 Å². The number of hydrogen-bond donors (Lipinski definition) is 1. The van der Waals surface area contributed by atoms with Crippen molar-refractivity contribution in [3.63, 3.8) is 0 Å². The summed E-state index contributed by atoms with van der Waals surface area (Å²) in [5, 5.41) is 3.78. The highest BCUT2D eigenvalue weighted by Gasteiger charge is 2.31. The van der Waals surface area contributed by atoms with Gasteiger partial charge in [0.15, 0.2) is 0 Å².